The lowest BCUT2D eigenvalue weighted by Crippen LogP contribution is -2.25. The van der Waals surface area contributed by atoms with Crippen molar-refractivity contribution in [2.75, 3.05) is 7.05 Å². The molecule has 1 amide bonds. The summed E-state index contributed by atoms with van der Waals surface area (Å²) < 4.78 is 5.12. The van der Waals surface area contributed by atoms with Crippen molar-refractivity contribution in [1.29, 1.82) is 0 Å². The second kappa shape index (κ2) is 5.17. The van der Waals surface area contributed by atoms with Crippen molar-refractivity contribution in [2.45, 2.75) is 6.54 Å². The van der Waals surface area contributed by atoms with Crippen LogP contribution in [0.2, 0.25) is 0 Å². The molecule has 0 bridgehead atoms. The number of benzene rings is 1. The predicted octanol–water partition coefficient (Wildman–Crippen LogP) is 3.10. The van der Waals surface area contributed by atoms with Crippen LogP contribution < -0.4 is 0 Å². The molecule has 0 aliphatic carbocycles. The summed E-state index contributed by atoms with van der Waals surface area (Å²) in [5.41, 5.74) is 1.95. The third kappa shape index (κ3) is 2.40. The van der Waals surface area contributed by atoms with Crippen molar-refractivity contribution < 1.29 is 9.21 Å². The summed E-state index contributed by atoms with van der Waals surface area (Å²) in [7, 11) is 1.75. The molecule has 0 saturated carbocycles. The molecule has 0 N–H and O–H groups in total. The van der Waals surface area contributed by atoms with Gasteiger partial charge < -0.3 is 9.32 Å². The van der Waals surface area contributed by atoms with Gasteiger partial charge in [0.15, 0.2) is 5.76 Å². The maximum atomic E-state index is 12.1. The average Bonchev–Trinajstić information content (AvgIpc) is 3.00. The maximum absolute atomic E-state index is 12.1. The lowest BCUT2D eigenvalue weighted by Gasteiger charge is -2.15. The lowest BCUT2D eigenvalue weighted by atomic mass is 10.1. The van der Waals surface area contributed by atoms with Crippen molar-refractivity contribution in [2.24, 2.45) is 0 Å². The minimum Gasteiger partial charge on any atom is -0.459 e. The van der Waals surface area contributed by atoms with E-state index in [1.54, 1.807) is 30.3 Å². The van der Waals surface area contributed by atoms with Crippen LogP contribution in [-0.4, -0.2) is 22.8 Å². The van der Waals surface area contributed by atoms with Gasteiger partial charge in [0.25, 0.3) is 5.91 Å². The highest BCUT2D eigenvalue weighted by atomic mass is 16.3. The van der Waals surface area contributed by atoms with Crippen molar-refractivity contribution in [3.05, 3.63) is 66.2 Å². The summed E-state index contributed by atoms with van der Waals surface area (Å²) in [6.07, 6.45) is 3.30. The van der Waals surface area contributed by atoms with Gasteiger partial charge in [0.2, 0.25) is 0 Å². The Balaban J connectivity index is 1.80. The number of fused-ring (bicyclic) bond motifs is 1. The molecule has 4 heteroatoms. The Morgan fingerprint density at radius 2 is 2.10 bits per heavy atom. The van der Waals surface area contributed by atoms with E-state index in [1.807, 2.05) is 30.3 Å². The molecule has 0 unspecified atom stereocenters. The van der Waals surface area contributed by atoms with Gasteiger partial charge in [0, 0.05) is 25.2 Å². The normalized spacial score (nSPS) is 10.7. The first-order valence-corrected chi connectivity index (χ1v) is 6.37. The third-order valence-electron chi connectivity index (χ3n) is 3.15. The molecule has 0 radical (unpaired) electrons. The van der Waals surface area contributed by atoms with Crippen LogP contribution in [0.3, 0.4) is 0 Å². The van der Waals surface area contributed by atoms with E-state index in [0.717, 1.165) is 16.5 Å². The molecule has 100 valence electrons. The molecule has 0 aliphatic rings. The molecule has 3 rings (SSSR count). The summed E-state index contributed by atoms with van der Waals surface area (Å²) in [5.74, 6) is 0.212. The SMILES string of the molecule is CN(Cc1cnc2ccccc2c1)C(=O)c1ccco1. The summed E-state index contributed by atoms with van der Waals surface area (Å²) in [6.45, 7) is 0.497. The average molecular weight is 266 g/mol. The summed E-state index contributed by atoms with van der Waals surface area (Å²) >= 11 is 0. The van der Waals surface area contributed by atoms with Crippen molar-refractivity contribution in [3.8, 4) is 0 Å². The van der Waals surface area contributed by atoms with E-state index in [-0.39, 0.29) is 5.91 Å². The Kier molecular flexibility index (Phi) is 3.21. The van der Waals surface area contributed by atoms with Crippen LogP contribution >= 0.6 is 0 Å². The maximum Gasteiger partial charge on any atom is 0.289 e. The van der Waals surface area contributed by atoms with Crippen molar-refractivity contribution in [3.63, 3.8) is 0 Å². The molecular weight excluding hydrogens is 252 g/mol. The molecule has 2 heterocycles. The fourth-order valence-corrected chi connectivity index (χ4v) is 2.14. The zero-order valence-electron chi connectivity index (χ0n) is 11.1. The van der Waals surface area contributed by atoms with Gasteiger partial charge in [-0.2, -0.15) is 0 Å². The number of hydrogen-bond acceptors (Lipinski definition) is 3. The second-order valence-corrected chi connectivity index (χ2v) is 4.67. The Labute approximate surface area is 116 Å². The molecule has 0 spiro atoms. The Morgan fingerprint density at radius 1 is 1.25 bits per heavy atom. The van der Waals surface area contributed by atoms with E-state index < -0.39 is 0 Å². The molecule has 20 heavy (non-hydrogen) atoms. The molecule has 2 aromatic heterocycles. The Morgan fingerprint density at radius 3 is 2.90 bits per heavy atom. The molecule has 3 aromatic rings. The first-order valence-electron chi connectivity index (χ1n) is 6.37. The molecule has 4 nitrogen and oxygen atoms in total. The zero-order chi connectivity index (χ0) is 13.9. The number of pyridine rings is 1. The Hall–Kier alpha value is -2.62. The number of carbonyl (C=O) groups excluding carboxylic acids is 1. The monoisotopic (exact) mass is 266 g/mol. The van der Waals surface area contributed by atoms with Gasteiger partial charge in [-0.05, 0) is 29.8 Å². The molecule has 0 fully saturated rings. The first kappa shape index (κ1) is 12.4. The van der Waals surface area contributed by atoms with Crippen LogP contribution in [0.4, 0.5) is 0 Å². The van der Waals surface area contributed by atoms with Crippen LogP contribution in [0.25, 0.3) is 10.9 Å². The minimum absolute atomic E-state index is 0.136. The number of aromatic nitrogens is 1. The summed E-state index contributed by atoms with van der Waals surface area (Å²) in [5, 5.41) is 1.07. The van der Waals surface area contributed by atoms with E-state index >= 15 is 0 Å². The van der Waals surface area contributed by atoms with Gasteiger partial charge in [-0.15, -0.1) is 0 Å². The van der Waals surface area contributed by atoms with Gasteiger partial charge >= 0.3 is 0 Å². The van der Waals surface area contributed by atoms with Crippen molar-refractivity contribution >= 4 is 16.8 Å². The van der Waals surface area contributed by atoms with E-state index in [4.69, 9.17) is 4.42 Å². The van der Waals surface area contributed by atoms with E-state index in [0.29, 0.717) is 12.3 Å². The fraction of sp³-hybridized carbons (Fsp3) is 0.125. The third-order valence-corrected chi connectivity index (χ3v) is 3.15. The van der Waals surface area contributed by atoms with E-state index in [2.05, 4.69) is 4.98 Å². The molecule has 0 saturated heterocycles. The molecule has 0 atom stereocenters. The van der Waals surface area contributed by atoms with Gasteiger partial charge in [-0.25, -0.2) is 0 Å². The number of rotatable bonds is 3. The van der Waals surface area contributed by atoms with Crippen LogP contribution in [0.15, 0.2) is 59.3 Å². The summed E-state index contributed by atoms with van der Waals surface area (Å²) in [6, 6.07) is 13.3. The van der Waals surface area contributed by atoms with E-state index in [1.165, 1.54) is 6.26 Å². The Bertz CT molecular complexity index is 735. The van der Waals surface area contributed by atoms with Crippen molar-refractivity contribution in [1.82, 2.24) is 9.88 Å². The lowest BCUT2D eigenvalue weighted by molar-refractivity contribution is 0.0753. The second-order valence-electron chi connectivity index (χ2n) is 4.67. The van der Waals surface area contributed by atoms with Crippen LogP contribution in [0.5, 0.6) is 0 Å². The number of amides is 1. The van der Waals surface area contributed by atoms with Gasteiger partial charge in [-0.1, -0.05) is 18.2 Å². The fourth-order valence-electron chi connectivity index (χ4n) is 2.14. The standard InChI is InChI=1S/C16H14N2O2/c1-18(16(19)15-7-4-8-20-15)11-12-9-13-5-2-3-6-14(13)17-10-12/h2-10H,11H2,1H3. The highest BCUT2D eigenvalue weighted by Gasteiger charge is 2.14. The number of hydrogen-bond donors (Lipinski definition) is 0. The highest BCUT2D eigenvalue weighted by Crippen LogP contribution is 2.14. The summed E-state index contributed by atoms with van der Waals surface area (Å²) in [4.78, 5) is 18.1. The van der Waals surface area contributed by atoms with Gasteiger partial charge in [0.05, 0.1) is 11.8 Å². The van der Waals surface area contributed by atoms with Gasteiger partial charge in [0.1, 0.15) is 0 Å². The minimum atomic E-state index is -0.136. The topological polar surface area (TPSA) is 46.3 Å². The van der Waals surface area contributed by atoms with Crippen LogP contribution in [-0.2, 0) is 6.54 Å². The van der Waals surface area contributed by atoms with Gasteiger partial charge in [-0.3, -0.25) is 9.78 Å². The van der Waals surface area contributed by atoms with Crippen LogP contribution in [0, 0.1) is 0 Å². The molecule has 1 aromatic carbocycles. The predicted molar refractivity (Wildman–Crippen MR) is 76.2 cm³/mol. The number of furan rings is 1. The van der Waals surface area contributed by atoms with E-state index in [9.17, 15) is 4.79 Å². The number of carbonyl (C=O) groups is 1. The quantitative estimate of drug-likeness (QED) is 0.731. The largest absolute Gasteiger partial charge is 0.459 e. The smallest absolute Gasteiger partial charge is 0.289 e. The highest BCUT2D eigenvalue weighted by molar-refractivity contribution is 5.91. The first-order chi connectivity index (χ1) is 9.74. The molecule has 0 aliphatic heterocycles. The van der Waals surface area contributed by atoms with Crippen LogP contribution in [0.1, 0.15) is 16.1 Å². The number of para-hydroxylation sites is 1. The number of nitrogens with zero attached hydrogens (tertiary/aromatic N) is 2. The molecular formula is C16H14N2O2. The zero-order valence-corrected chi connectivity index (χ0v) is 11.1.